The molecule has 0 radical (unpaired) electrons. The van der Waals surface area contributed by atoms with Crippen molar-refractivity contribution in [2.24, 2.45) is 0 Å². The summed E-state index contributed by atoms with van der Waals surface area (Å²) >= 11 is 0. The molecule has 0 heterocycles. The summed E-state index contributed by atoms with van der Waals surface area (Å²) in [4.78, 5) is 10.5. The Morgan fingerprint density at radius 3 is 2.67 bits per heavy atom. The summed E-state index contributed by atoms with van der Waals surface area (Å²) in [6, 6.07) is 6.25. The summed E-state index contributed by atoms with van der Waals surface area (Å²) in [6.45, 7) is 3.70. The Bertz CT molecular complexity index is 410. The van der Waals surface area contributed by atoms with E-state index in [2.05, 4.69) is 11.9 Å². The molecular formula is C12H12FNO. The van der Waals surface area contributed by atoms with Crippen LogP contribution in [0.25, 0.3) is 5.57 Å². The van der Waals surface area contributed by atoms with E-state index in [9.17, 15) is 9.18 Å². The van der Waals surface area contributed by atoms with E-state index in [0.29, 0.717) is 23.1 Å². The van der Waals surface area contributed by atoms with E-state index < -0.39 is 0 Å². The van der Waals surface area contributed by atoms with Crippen molar-refractivity contribution in [1.82, 2.24) is 5.32 Å². The lowest BCUT2D eigenvalue weighted by Crippen LogP contribution is -2.07. The maximum absolute atomic E-state index is 13.4. The third-order valence-corrected chi connectivity index (χ3v) is 2.03. The van der Waals surface area contributed by atoms with Gasteiger partial charge in [0.2, 0.25) is 0 Å². The molecule has 15 heavy (non-hydrogen) atoms. The molecule has 1 N–H and O–H groups in total. The Kier molecular flexibility index (Phi) is 3.80. The lowest BCUT2D eigenvalue weighted by Gasteiger charge is -2.10. The molecule has 0 fully saturated rings. The molecule has 1 aromatic rings. The van der Waals surface area contributed by atoms with Gasteiger partial charge < -0.3 is 5.32 Å². The van der Waals surface area contributed by atoms with Crippen LogP contribution in [0.2, 0.25) is 0 Å². The first-order valence-corrected chi connectivity index (χ1v) is 4.48. The third kappa shape index (κ3) is 2.53. The largest absolute Gasteiger partial charge is 0.388 e. The number of rotatable bonds is 4. The van der Waals surface area contributed by atoms with E-state index in [-0.39, 0.29) is 5.82 Å². The van der Waals surface area contributed by atoms with E-state index >= 15 is 0 Å². The molecule has 0 saturated carbocycles. The highest BCUT2D eigenvalue weighted by molar-refractivity contribution is 5.88. The zero-order valence-electron chi connectivity index (χ0n) is 8.46. The van der Waals surface area contributed by atoms with Gasteiger partial charge >= 0.3 is 0 Å². The van der Waals surface area contributed by atoms with Gasteiger partial charge in [0, 0.05) is 23.9 Å². The summed E-state index contributed by atoms with van der Waals surface area (Å²) in [7, 11) is 1.67. The van der Waals surface area contributed by atoms with Gasteiger partial charge in [0.25, 0.3) is 0 Å². The number of carbonyl (C=O) groups excluding carboxylic acids is 1. The molecule has 0 aliphatic rings. The van der Waals surface area contributed by atoms with Crippen molar-refractivity contribution in [2.45, 2.75) is 0 Å². The minimum Gasteiger partial charge on any atom is -0.388 e. The minimum absolute atomic E-state index is 0.365. The second-order valence-corrected chi connectivity index (χ2v) is 2.92. The van der Waals surface area contributed by atoms with Crippen molar-refractivity contribution in [2.75, 3.05) is 7.05 Å². The number of halogens is 1. The van der Waals surface area contributed by atoms with Crippen LogP contribution in [0.4, 0.5) is 4.39 Å². The lowest BCUT2D eigenvalue weighted by molar-refractivity contribution is -0.104. The molecular weight excluding hydrogens is 193 g/mol. The third-order valence-electron chi connectivity index (χ3n) is 2.03. The number of carbonyl (C=O) groups is 1. The molecule has 2 nitrogen and oxygen atoms in total. The highest BCUT2D eigenvalue weighted by atomic mass is 19.1. The first kappa shape index (κ1) is 11.2. The van der Waals surface area contributed by atoms with E-state index in [1.807, 2.05) is 0 Å². The van der Waals surface area contributed by atoms with Gasteiger partial charge in [0.1, 0.15) is 12.1 Å². The van der Waals surface area contributed by atoms with Gasteiger partial charge in [0.05, 0.1) is 0 Å². The van der Waals surface area contributed by atoms with Crippen LogP contribution in [0.1, 0.15) is 5.56 Å². The Labute approximate surface area is 88.1 Å². The summed E-state index contributed by atoms with van der Waals surface area (Å²) in [6.07, 6.45) is 1.90. The maximum atomic E-state index is 13.4. The number of aldehydes is 1. The molecule has 3 heteroatoms. The molecule has 0 aliphatic heterocycles. The molecule has 0 aliphatic carbocycles. The number of hydrogen-bond acceptors (Lipinski definition) is 2. The quantitative estimate of drug-likeness (QED) is 0.463. The Morgan fingerprint density at radius 2 is 2.13 bits per heavy atom. The molecule has 0 saturated heterocycles. The summed E-state index contributed by atoms with van der Waals surface area (Å²) in [5.74, 6) is -0.373. The van der Waals surface area contributed by atoms with Gasteiger partial charge in [-0.1, -0.05) is 24.8 Å². The zero-order chi connectivity index (χ0) is 11.3. The van der Waals surface area contributed by atoms with Crippen molar-refractivity contribution < 1.29 is 9.18 Å². The second kappa shape index (κ2) is 5.10. The van der Waals surface area contributed by atoms with E-state index in [4.69, 9.17) is 0 Å². The average molecular weight is 205 g/mol. The molecule has 0 atom stereocenters. The van der Waals surface area contributed by atoms with Crippen molar-refractivity contribution in [3.8, 4) is 0 Å². The SMILES string of the molecule is C=C(NC)/C(=C\C=O)c1ccccc1F. The fourth-order valence-corrected chi connectivity index (χ4v) is 1.24. The van der Waals surface area contributed by atoms with Gasteiger partial charge in [-0.15, -0.1) is 0 Å². The number of hydrogen-bond donors (Lipinski definition) is 1. The van der Waals surface area contributed by atoms with Crippen molar-refractivity contribution in [3.63, 3.8) is 0 Å². The van der Waals surface area contributed by atoms with Crippen LogP contribution < -0.4 is 5.32 Å². The monoisotopic (exact) mass is 205 g/mol. The molecule has 0 unspecified atom stereocenters. The van der Waals surface area contributed by atoms with Crippen molar-refractivity contribution in [3.05, 3.63) is 54.0 Å². The molecule has 0 aromatic heterocycles. The smallest absolute Gasteiger partial charge is 0.143 e. The van der Waals surface area contributed by atoms with Crippen molar-refractivity contribution >= 4 is 11.9 Å². The van der Waals surface area contributed by atoms with Gasteiger partial charge in [-0.25, -0.2) is 4.39 Å². The fraction of sp³-hybridized carbons (Fsp3) is 0.0833. The van der Waals surface area contributed by atoms with Gasteiger partial charge in [-0.3, -0.25) is 4.79 Å². The molecule has 78 valence electrons. The normalized spacial score (nSPS) is 10.9. The average Bonchev–Trinajstić information content (AvgIpc) is 2.26. The standard InChI is InChI=1S/C12H12FNO/c1-9(14-2)10(7-8-15)11-5-3-4-6-12(11)13/h3-8,14H,1H2,2H3/b10-7+. The number of allylic oxidation sites excluding steroid dienone is 2. The van der Waals surface area contributed by atoms with Gasteiger partial charge in [0.15, 0.2) is 0 Å². The van der Waals surface area contributed by atoms with E-state index in [1.165, 1.54) is 12.1 Å². The molecule has 0 spiro atoms. The van der Waals surface area contributed by atoms with Crippen LogP contribution in [0, 0.1) is 5.82 Å². The molecule has 1 aromatic carbocycles. The highest BCUT2D eigenvalue weighted by Gasteiger charge is 2.08. The first-order chi connectivity index (χ1) is 7.20. The number of likely N-dealkylation sites (N-methyl/N-ethyl adjacent to an activating group) is 1. The first-order valence-electron chi connectivity index (χ1n) is 4.48. The molecule has 0 amide bonds. The summed E-state index contributed by atoms with van der Waals surface area (Å²) in [5.41, 5.74) is 1.33. The Morgan fingerprint density at radius 1 is 1.47 bits per heavy atom. The van der Waals surface area contributed by atoms with Gasteiger partial charge in [-0.05, 0) is 12.1 Å². The van der Waals surface area contributed by atoms with Crippen LogP contribution in [0.15, 0.2) is 42.6 Å². The lowest BCUT2D eigenvalue weighted by atomic mass is 10.0. The van der Waals surface area contributed by atoms with E-state index in [1.54, 1.807) is 25.2 Å². The topological polar surface area (TPSA) is 29.1 Å². The van der Waals surface area contributed by atoms with Crippen LogP contribution >= 0.6 is 0 Å². The second-order valence-electron chi connectivity index (χ2n) is 2.92. The molecule has 1 rings (SSSR count). The van der Waals surface area contributed by atoms with Crippen LogP contribution in [0.3, 0.4) is 0 Å². The van der Waals surface area contributed by atoms with Crippen LogP contribution in [0.5, 0.6) is 0 Å². The Hall–Kier alpha value is -1.90. The predicted molar refractivity (Wildman–Crippen MR) is 58.6 cm³/mol. The zero-order valence-corrected chi connectivity index (χ0v) is 8.46. The molecule has 0 bridgehead atoms. The van der Waals surface area contributed by atoms with Crippen LogP contribution in [-0.4, -0.2) is 13.3 Å². The summed E-state index contributed by atoms with van der Waals surface area (Å²) in [5, 5.41) is 2.79. The fourth-order valence-electron chi connectivity index (χ4n) is 1.24. The predicted octanol–water partition coefficient (Wildman–Crippen LogP) is 2.14. The van der Waals surface area contributed by atoms with Gasteiger partial charge in [-0.2, -0.15) is 0 Å². The highest BCUT2D eigenvalue weighted by Crippen LogP contribution is 2.22. The van der Waals surface area contributed by atoms with Crippen molar-refractivity contribution in [1.29, 1.82) is 0 Å². The minimum atomic E-state index is -0.373. The summed E-state index contributed by atoms with van der Waals surface area (Å²) < 4.78 is 13.4. The maximum Gasteiger partial charge on any atom is 0.143 e. The Balaban J connectivity index is 3.22. The number of nitrogens with one attached hydrogen (secondary N) is 1. The van der Waals surface area contributed by atoms with E-state index in [0.717, 1.165) is 0 Å². The van der Waals surface area contributed by atoms with Crippen LogP contribution in [-0.2, 0) is 4.79 Å². The number of benzene rings is 1.